The zero-order chi connectivity index (χ0) is 18.8. The van der Waals surface area contributed by atoms with Crippen LogP contribution in [0.25, 0.3) is 11.1 Å². The third-order valence-electron chi connectivity index (χ3n) is 4.75. The Morgan fingerprint density at radius 2 is 1.93 bits per heavy atom. The summed E-state index contributed by atoms with van der Waals surface area (Å²) in [5.74, 6) is 0.661. The zero-order valence-electron chi connectivity index (χ0n) is 14.5. The van der Waals surface area contributed by atoms with Crippen LogP contribution >= 0.6 is 0 Å². The van der Waals surface area contributed by atoms with Gasteiger partial charge in [-0.1, -0.05) is 18.2 Å². The van der Waals surface area contributed by atoms with Gasteiger partial charge in [0.25, 0.3) is 5.91 Å². The molecule has 1 fully saturated rings. The number of benzene rings is 2. The molecular weight excluding hydrogens is 354 g/mol. The fourth-order valence-electron chi connectivity index (χ4n) is 3.38. The van der Waals surface area contributed by atoms with Crippen molar-refractivity contribution in [2.24, 2.45) is 0 Å². The summed E-state index contributed by atoms with van der Waals surface area (Å²) >= 11 is 0. The quantitative estimate of drug-likeness (QED) is 0.679. The van der Waals surface area contributed by atoms with Crippen molar-refractivity contribution in [3.63, 3.8) is 0 Å². The van der Waals surface area contributed by atoms with Crippen LogP contribution in [0.2, 0.25) is 0 Å². The number of aromatic nitrogens is 1. The molecule has 1 aliphatic heterocycles. The minimum Gasteiger partial charge on any atom is -0.440 e. The molecule has 1 saturated heterocycles. The normalized spacial score (nSPS) is 15.4. The van der Waals surface area contributed by atoms with Crippen LogP contribution in [0.3, 0.4) is 0 Å². The molecule has 0 radical (unpaired) electrons. The lowest BCUT2D eigenvalue weighted by molar-refractivity contribution is -0.0499. The van der Waals surface area contributed by atoms with Gasteiger partial charge in [0, 0.05) is 24.6 Å². The number of carbonyl (C=O) groups is 1. The second-order valence-electron chi connectivity index (χ2n) is 6.49. The molecule has 27 heavy (non-hydrogen) atoms. The van der Waals surface area contributed by atoms with Crippen LogP contribution in [0.1, 0.15) is 35.0 Å². The number of fused-ring (bicyclic) bond motifs is 1. The highest BCUT2D eigenvalue weighted by Crippen LogP contribution is 2.30. The molecule has 3 aromatic rings. The van der Waals surface area contributed by atoms with Gasteiger partial charge in [0.2, 0.25) is 0 Å². The number of hydrogen-bond donors (Lipinski definition) is 0. The van der Waals surface area contributed by atoms with E-state index in [0.29, 0.717) is 24.5 Å². The van der Waals surface area contributed by atoms with Crippen LogP contribution < -0.4 is 4.74 Å². The first-order valence-electron chi connectivity index (χ1n) is 8.80. The molecule has 1 aromatic heterocycles. The molecule has 2 heterocycles. The molecule has 1 amide bonds. The number of piperidine rings is 1. The van der Waals surface area contributed by atoms with E-state index in [2.05, 4.69) is 9.72 Å². The van der Waals surface area contributed by atoms with Gasteiger partial charge in [-0.25, -0.2) is 4.98 Å². The van der Waals surface area contributed by atoms with E-state index >= 15 is 0 Å². The van der Waals surface area contributed by atoms with Crippen molar-refractivity contribution in [2.75, 3.05) is 13.1 Å². The maximum Gasteiger partial charge on any atom is 0.387 e. The maximum absolute atomic E-state index is 12.7. The Labute approximate surface area is 154 Å². The molecule has 5 nitrogen and oxygen atoms in total. The highest BCUT2D eigenvalue weighted by molar-refractivity contribution is 5.94. The highest BCUT2D eigenvalue weighted by Gasteiger charge is 2.27. The number of carbonyl (C=O) groups excluding carboxylic acids is 1. The number of likely N-dealkylation sites (tertiary alicyclic amines) is 1. The lowest BCUT2D eigenvalue weighted by Crippen LogP contribution is -2.38. The number of hydrogen-bond acceptors (Lipinski definition) is 4. The smallest absolute Gasteiger partial charge is 0.387 e. The number of amides is 1. The van der Waals surface area contributed by atoms with E-state index in [1.54, 1.807) is 11.0 Å². The molecule has 7 heteroatoms. The van der Waals surface area contributed by atoms with Gasteiger partial charge in [-0.2, -0.15) is 8.78 Å². The summed E-state index contributed by atoms with van der Waals surface area (Å²) < 4.78 is 34.9. The summed E-state index contributed by atoms with van der Waals surface area (Å²) in [7, 11) is 0. The number of oxazole rings is 1. The third-order valence-corrected chi connectivity index (χ3v) is 4.75. The van der Waals surface area contributed by atoms with E-state index in [4.69, 9.17) is 4.42 Å². The Morgan fingerprint density at radius 3 is 2.67 bits per heavy atom. The van der Waals surface area contributed by atoms with E-state index in [9.17, 15) is 13.6 Å². The standard InChI is InChI=1S/C20H18F2N2O3/c21-20(22)26-15-5-3-4-14(12-15)19(25)24-10-8-13(9-11-24)18-23-16-6-1-2-7-17(16)27-18/h1-7,12-13,20H,8-11H2. The van der Waals surface area contributed by atoms with Crippen molar-refractivity contribution >= 4 is 17.0 Å². The predicted octanol–water partition coefficient (Wildman–Crippen LogP) is 4.45. The fraction of sp³-hybridized carbons (Fsp3) is 0.300. The van der Waals surface area contributed by atoms with Crippen LogP contribution in [-0.2, 0) is 0 Å². The van der Waals surface area contributed by atoms with Gasteiger partial charge < -0.3 is 14.1 Å². The molecule has 4 rings (SSSR count). The number of rotatable bonds is 4. The van der Waals surface area contributed by atoms with E-state index in [-0.39, 0.29) is 17.6 Å². The predicted molar refractivity (Wildman–Crippen MR) is 95.0 cm³/mol. The molecule has 0 N–H and O–H groups in total. The number of nitrogens with zero attached hydrogens (tertiary/aromatic N) is 2. The van der Waals surface area contributed by atoms with Crippen molar-refractivity contribution in [1.82, 2.24) is 9.88 Å². The van der Waals surface area contributed by atoms with Crippen LogP contribution in [0, 0.1) is 0 Å². The van der Waals surface area contributed by atoms with Crippen molar-refractivity contribution in [3.8, 4) is 5.75 Å². The first kappa shape index (κ1) is 17.5. The van der Waals surface area contributed by atoms with Gasteiger partial charge in [-0.3, -0.25) is 4.79 Å². The van der Waals surface area contributed by atoms with Gasteiger partial charge in [-0.15, -0.1) is 0 Å². The van der Waals surface area contributed by atoms with Gasteiger partial charge in [-0.05, 0) is 43.2 Å². The summed E-state index contributed by atoms with van der Waals surface area (Å²) in [6, 6.07) is 13.5. The fourth-order valence-corrected chi connectivity index (χ4v) is 3.38. The van der Waals surface area contributed by atoms with Crippen LogP contribution in [0.15, 0.2) is 52.9 Å². The van der Waals surface area contributed by atoms with Crippen molar-refractivity contribution in [2.45, 2.75) is 25.4 Å². The van der Waals surface area contributed by atoms with E-state index in [1.165, 1.54) is 18.2 Å². The van der Waals surface area contributed by atoms with E-state index in [0.717, 1.165) is 23.9 Å². The largest absolute Gasteiger partial charge is 0.440 e. The van der Waals surface area contributed by atoms with Gasteiger partial charge in [0.15, 0.2) is 11.5 Å². The molecule has 0 atom stereocenters. The molecular formula is C20H18F2N2O3. The van der Waals surface area contributed by atoms with Crippen molar-refractivity contribution in [3.05, 3.63) is 60.0 Å². The SMILES string of the molecule is O=C(c1cccc(OC(F)F)c1)N1CCC(c2nc3ccccc3o2)CC1. The molecule has 2 aromatic carbocycles. The van der Waals surface area contributed by atoms with Gasteiger partial charge in [0.1, 0.15) is 11.3 Å². The third kappa shape index (κ3) is 3.77. The van der Waals surface area contributed by atoms with Crippen LogP contribution in [0.5, 0.6) is 5.75 Å². The lowest BCUT2D eigenvalue weighted by Gasteiger charge is -2.30. The van der Waals surface area contributed by atoms with Crippen LogP contribution in [0.4, 0.5) is 8.78 Å². The summed E-state index contributed by atoms with van der Waals surface area (Å²) in [6.07, 6.45) is 1.48. The average molecular weight is 372 g/mol. The monoisotopic (exact) mass is 372 g/mol. The Kier molecular flexibility index (Phi) is 4.75. The Hall–Kier alpha value is -2.96. The van der Waals surface area contributed by atoms with Crippen molar-refractivity contribution < 1.29 is 22.7 Å². The lowest BCUT2D eigenvalue weighted by atomic mass is 9.96. The van der Waals surface area contributed by atoms with Gasteiger partial charge >= 0.3 is 6.61 Å². The summed E-state index contributed by atoms with van der Waals surface area (Å²) in [5, 5.41) is 0. The minimum atomic E-state index is -2.91. The molecule has 0 unspecified atom stereocenters. The highest BCUT2D eigenvalue weighted by atomic mass is 19.3. The molecule has 140 valence electrons. The number of para-hydroxylation sites is 2. The maximum atomic E-state index is 12.7. The molecule has 0 bridgehead atoms. The van der Waals surface area contributed by atoms with Crippen molar-refractivity contribution in [1.29, 1.82) is 0 Å². The second-order valence-corrected chi connectivity index (χ2v) is 6.49. The molecule has 0 spiro atoms. The second kappa shape index (κ2) is 7.34. The molecule has 0 aliphatic carbocycles. The molecule has 0 saturated carbocycles. The summed E-state index contributed by atoms with van der Waals surface area (Å²) in [6.45, 7) is -1.80. The van der Waals surface area contributed by atoms with E-state index < -0.39 is 6.61 Å². The van der Waals surface area contributed by atoms with Gasteiger partial charge in [0.05, 0.1) is 0 Å². The van der Waals surface area contributed by atoms with E-state index in [1.807, 2.05) is 24.3 Å². The summed E-state index contributed by atoms with van der Waals surface area (Å²) in [4.78, 5) is 18.9. The Balaban J connectivity index is 1.42. The topological polar surface area (TPSA) is 55.6 Å². The Morgan fingerprint density at radius 1 is 1.15 bits per heavy atom. The van der Waals surface area contributed by atoms with Crippen LogP contribution in [-0.4, -0.2) is 35.5 Å². The first-order chi connectivity index (χ1) is 13.1. The number of halogens is 2. The Bertz CT molecular complexity index is 916. The summed E-state index contributed by atoms with van der Waals surface area (Å²) in [5.41, 5.74) is 1.94. The zero-order valence-corrected chi connectivity index (χ0v) is 14.5. The number of ether oxygens (including phenoxy) is 1. The number of alkyl halides is 2. The molecule has 1 aliphatic rings. The average Bonchev–Trinajstić information content (AvgIpc) is 3.11. The minimum absolute atomic E-state index is 0.0165. The first-order valence-corrected chi connectivity index (χ1v) is 8.80.